The van der Waals surface area contributed by atoms with E-state index in [1.807, 2.05) is 30.3 Å². The van der Waals surface area contributed by atoms with Crippen LogP contribution in [0.25, 0.3) is 11.6 Å². The highest BCUT2D eigenvalue weighted by atomic mass is 16.5. The molecule has 0 heterocycles. The quantitative estimate of drug-likeness (QED) is 0.553. The van der Waals surface area contributed by atoms with E-state index in [0.29, 0.717) is 6.61 Å². The van der Waals surface area contributed by atoms with Crippen molar-refractivity contribution in [3.63, 3.8) is 0 Å². The number of carboxylic acid groups (broad SMARTS) is 1. The smallest absolute Gasteiger partial charge is 0.335 e. The highest BCUT2D eigenvalue weighted by Gasteiger charge is 2.21. The number of fused-ring (bicyclic) bond motifs is 1. The maximum absolute atomic E-state index is 11.0. The molecule has 0 aromatic heterocycles. The fourth-order valence-corrected chi connectivity index (χ4v) is 3.83. The third-order valence-electron chi connectivity index (χ3n) is 5.41. The van der Waals surface area contributed by atoms with Gasteiger partial charge in [0.1, 0.15) is 23.9 Å². The Bertz CT molecular complexity index is 1110. The van der Waals surface area contributed by atoms with Crippen molar-refractivity contribution in [3.05, 3.63) is 88.5 Å². The lowest BCUT2D eigenvalue weighted by molar-refractivity contribution is 0.0697. The fraction of sp³-hybridized carbons (Fsp3) is 0.192. The summed E-state index contributed by atoms with van der Waals surface area (Å²) in [5, 5.41) is 9.05. The van der Waals surface area contributed by atoms with Gasteiger partial charge in [0.15, 0.2) is 0 Å². The van der Waals surface area contributed by atoms with Crippen LogP contribution in [0.4, 0.5) is 0 Å². The molecule has 3 aromatic carbocycles. The molecule has 31 heavy (non-hydrogen) atoms. The lowest BCUT2D eigenvalue weighted by Crippen LogP contribution is -2.00. The molecule has 0 unspecified atom stereocenters. The minimum atomic E-state index is -0.933. The summed E-state index contributed by atoms with van der Waals surface area (Å²) < 4.78 is 16.9. The molecule has 0 atom stereocenters. The van der Waals surface area contributed by atoms with Gasteiger partial charge in [-0.25, -0.2) is 4.79 Å². The third kappa shape index (κ3) is 4.56. The standard InChI is InChI=1S/C26H24O5/c1-29-22-13-18(14-23(15-22)30-2)12-21-11-10-19-4-3-5-24(25(19)21)31-16-17-6-8-20(9-7-17)26(27)28/h3-9,12-15H,10-11,16H2,1-2H3,(H,27,28)/b21-12+. The van der Waals surface area contributed by atoms with E-state index in [-0.39, 0.29) is 5.56 Å². The monoisotopic (exact) mass is 416 g/mol. The summed E-state index contributed by atoms with van der Waals surface area (Å²) in [5.74, 6) is 1.40. The largest absolute Gasteiger partial charge is 0.497 e. The van der Waals surface area contributed by atoms with Crippen molar-refractivity contribution in [2.75, 3.05) is 14.2 Å². The Labute approximate surface area is 181 Å². The first-order valence-electron chi connectivity index (χ1n) is 10.1. The number of carboxylic acids is 1. The van der Waals surface area contributed by atoms with E-state index >= 15 is 0 Å². The van der Waals surface area contributed by atoms with Gasteiger partial charge in [0.05, 0.1) is 19.8 Å². The predicted octanol–water partition coefficient (Wildman–Crippen LogP) is 5.47. The van der Waals surface area contributed by atoms with Gasteiger partial charge in [0.2, 0.25) is 0 Å². The van der Waals surface area contributed by atoms with E-state index in [0.717, 1.165) is 46.8 Å². The molecular weight excluding hydrogens is 392 g/mol. The van der Waals surface area contributed by atoms with Gasteiger partial charge in [-0.1, -0.05) is 30.3 Å². The maximum atomic E-state index is 11.0. The number of aryl methyl sites for hydroxylation is 1. The lowest BCUT2D eigenvalue weighted by atomic mass is 10.0. The van der Waals surface area contributed by atoms with Crippen molar-refractivity contribution in [2.45, 2.75) is 19.4 Å². The number of aromatic carboxylic acids is 1. The minimum Gasteiger partial charge on any atom is -0.497 e. The van der Waals surface area contributed by atoms with Crippen LogP contribution in [0.2, 0.25) is 0 Å². The third-order valence-corrected chi connectivity index (χ3v) is 5.41. The molecule has 0 spiro atoms. The molecule has 0 saturated heterocycles. The number of benzene rings is 3. The number of methoxy groups -OCH3 is 2. The van der Waals surface area contributed by atoms with E-state index in [4.69, 9.17) is 19.3 Å². The van der Waals surface area contributed by atoms with Crippen LogP contribution in [-0.4, -0.2) is 25.3 Å². The zero-order valence-electron chi connectivity index (χ0n) is 17.6. The molecule has 0 radical (unpaired) electrons. The van der Waals surface area contributed by atoms with Gasteiger partial charge in [-0.05, 0) is 65.4 Å². The van der Waals surface area contributed by atoms with Crippen LogP contribution < -0.4 is 14.2 Å². The Hall–Kier alpha value is -3.73. The van der Waals surface area contributed by atoms with Crippen molar-refractivity contribution < 1.29 is 24.1 Å². The van der Waals surface area contributed by atoms with Gasteiger partial charge in [0.25, 0.3) is 0 Å². The van der Waals surface area contributed by atoms with Crippen LogP contribution in [0.5, 0.6) is 17.2 Å². The number of ether oxygens (including phenoxy) is 3. The van der Waals surface area contributed by atoms with E-state index < -0.39 is 5.97 Å². The molecule has 5 heteroatoms. The topological polar surface area (TPSA) is 65.0 Å². The molecule has 1 aliphatic rings. The lowest BCUT2D eigenvalue weighted by Gasteiger charge is -2.13. The van der Waals surface area contributed by atoms with Crippen LogP contribution in [0.3, 0.4) is 0 Å². The van der Waals surface area contributed by atoms with Gasteiger partial charge >= 0.3 is 5.97 Å². The molecule has 3 aromatic rings. The number of allylic oxidation sites excluding steroid dienone is 1. The second-order valence-electron chi connectivity index (χ2n) is 7.40. The van der Waals surface area contributed by atoms with Crippen molar-refractivity contribution in [1.29, 1.82) is 0 Å². The highest BCUT2D eigenvalue weighted by Crippen LogP contribution is 2.40. The Kier molecular flexibility index (Phi) is 5.94. The Morgan fingerprint density at radius 1 is 0.968 bits per heavy atom. The molecule has 0 aliphatic heterocycles. The molecular formula is C26H24O5. The Balaban J connectivity index is 1.60. The highest BCUT2D eigenvalue weighted by molar-refractivity contribution is 5.88. The average molecular weight is 416 g/mol. The molecule has 5 nitrogen and oxygen atoms in total. The van der Waals surface area contributed by atoms with Gasteiger partial charge in [-0.2, -0.15) is 0 Å². The van der Waals surface area contributed by atoms with Crippen molar-refractivity contribution >= 4 is 17.6 Å². The van der Waals surface area contributed by atoms with Gasteiger partial charge < -0.3 is 19.3 Å². The fourth-order valence-electron chi connectivity index (χ4n) is 3.83. The summed E-state index contributed by atoms with van der Waals surface area (Å²) in [6.45, 7) is 0.372. The van der Waals surface area contributed by atoms with E-state index in [1.165, 1.54) is 11.1 Å². The minimum absolute atomic E-state index is 0.267. The van der Waals surface area contributed by atoms with Crippen LogP contribution in [0, 0.1) is 0 Å². The summed E-state index contributed by atoms with van der Waals surface area (Å²) in [6, 6.07) is 18.7. The first-order valence-corrected chi connectivity index (χ1v) is 10.1. The van der Waals surface area contributed by atoms with Crippen molar-refractivity contribution in [3.8, 4) is 17.2 Å². The van der Waals surface area contributed by atoms with Gasteiger partial charge in [0, 0.05) is 11.6 Å². The first-order chi connectivity index (χ1) is 15.1. The second kappa shape index (κ2) is 8.96. The summed E-state index contributed by atoms with van der Waals surface area (Å²) in [6.07, 6.45) is 4.06. The summed E-state index contributed by atoms with van der Waals surface area (Å²) in [7, 11) is 3.29. The maximum Gasteiger partial charge on any atom is 0.335 e. The molecule has 4 rings (SSSR count). The van der Waals surface area contributed by atoms with Crippen molar-refractivity contribution in [2.24, 2.45) is 0 Å². The van der Waals surface area contributed by atoms with Gasteiger partial charge in [-0.3, -0.25) is 0 Å². The summed E-state index contributed by atoms with van der Waals surface area (Å²) in [5.41, 5.74) is 5.80. The van der Waals surface area contributed by atoms with E-state index in [9.17, 15) is 4.79 Å². The predicted molar refractivity (Wildman–Crippen MR) is 120 cm³/mol. The average Bonchev–Trinajstić information content (AvgIpc) is 3.21. The normalized spacial score (nSPS) is 13.7. The molecule has 0 bridgehead atoms. The zero-order chi connectivity index (χ0) is 21.8. The molecule has 0 amide bonds. The van der Waals surface area contributed by atoms with Crippen LogP contribution >= 0.6 is 0 Å². The van der Waals surface area contributed by atoms with E-state index in [2.05, 4.69) is 12.1 Å². The summed E-state index contributed by atoms with van der Waals surface area (Å²) in [4.78, 5) is 11.0. The SMILES string of the molecule is COc1cc(/C=C2\CCc3cccc(OCc4ccc(C(=O)O)cc4)c32)cc(OC)c1. The molecule has 0 saturated carbocycles. The van der Waals surface area contributed by atoms with E-state index in [1.54, 1.807) is 38.5 Å². The number of hydrogen-bond acceptors (Lipinski definition) is 4. The summed E-state index contributed by atoms with van der Waals surface area (Å²) >= 11 is 0. The van der Waals surface area contributed by atoms with Crippen LogP contribution in [-0.2, 0) is 13.0 Å². The van der Waals surface area contributed by atoms with Gasteiger partial charge in [-0.15, -0.1) is 0 Å². The number of carbonyl (C=O) groups is 1. The van der Waals surface area contributed by atoms with Crippen LogP contribution in [0.15, 0.2) is 60.7 Å². The van der Waals surface area contributed by atoms with Crippen molar-refractivity contribution in [1.82, 2.24) is 0 Å². The first kappa shape index (κ1) is 20.5. The number of hydrogen-bond donors (Lipinski definition) is 1. The Morgan fingerprint density at radius 3 is 2.32 bits per heavy atom. The zero-order valence-corrected chi connectivity index (χ0v) is 17.6. The molecule has 158 valence electrons. The van der Waals surface area contributed by atoms with Crippen LogP contribution in [0.1, 0.15) is 39.0 Å². The molecule has 1 aliphatic carbocycles. The second-order valence-corrected chi connectivity index (χ2v) is 7.40. The molecule has 1 N–H and O–H groups in total. The Morgan fingerprint density at radius 2 is 1.68 bits per heavy atom. The number of rotatable bonds is 7. The molecule has 0 fully saturated rings.